The molecule has 1 spiro atoms. The topological polar surface area (TPSA) is 25.4 Å². The monoisotopic (exact) mass is 406 g/mol. The number of hydrogen-bond donors (Lipinski definition) is 0. The summed E-state index contributed by atoms with van der Waals surface area (Å²) in [7, 11) is 2.11. The van der Waals surface area contributed by atoms with Crippen molar-refractivity contribution in [3.8, 4) is 5.75 Å². The van der Waals surface area contributed by atoms with Gasteiger partial charge in [0, 0.05) is 34.4 Å². The Balaban J connectivity index is 1.76. The van der Waals surface area contributed by atoms with Gasteiger partial charge in [-0.15, -0.1) is 0 Å². The molecule has 2 aliphatic rings. The third-order valence-electron chi connectivity index (χ3n) is 5.90. The molecule has 0 saturated heterocycles. The van der Waals surface area contributed by atoms with Crippen LogP contribution in [0.4, 0.5) is 5.69 Å². The van der Waals surface area contributed by atoms with Crippen LogP contribution in [-0.2, 0) is 5.41 Å². The smallest absolute Gasteiger partial charge is 0.211 e. The molecule has 0 amide bonds. The van der Waals surface area contributed by atoms with Crippen molar-refractivity contribution in [3.05, 3.63) is 70.3 Å². The zero-order chi connectivity index (χ0) is 18.1. The molecule has 3 nitrogen and oxygen atoms in total. The summed E-state index contributed by atoms with van der Waals surface area (Å²) in [5.41, 5.74) is 3.66. The number of aromatic nitrogens is 1. The van der Waals surface area contributed by atoms with E-state index in [9.17, 15) is 0 Å². The van der Waals surface area contributed by atoms with E-state index < -0.39 is 5.72 Å². The van der Waals surface area contributed by atoms with Gasteiger partial charge in [0.15, 0.2) is 5.75 Å². The first-order valence-electron chi connectivity index (χ1n) is 8.74. The first-order valence-corrected chi connectivity index (χ1v) is 9.54. The lowest BCUT2D eigenvalue weighted by atomic mass is 9.76. The SMILES string of the molecule is CN1c2ccccc2C(C)(C)C12C=Cc1cc(Br)c3cccnc3c1O2. The summed E-state index contributed by atoms with van der Waals surface area (Å²) < 4.78 is 7.85. The molecule has 1 unspecified atom stereocenters. The van der Waals surface area contributed by atoms with E-state index in [4.69, 9.17) is 4.74 Å². The number of likely N-dealkylation sites (N-methyl/N-ethyl adjacent to an activating group) is 1. The van der Waals surface area contributed by atoms with Gasteiger partial charge < -0.3 is 9.64 Å². The summed E-state index contributed by atoms with van der Waals surface area (Å²) in [5, 5.41) is 1.06. The average molecular weight is 407 g/mol. The fourth-order valence-electron chi connectivity index (χ4n) is 4.42. The van der Waals surface area contributed by atoms with Crippen molar-refractivity contribution in [3.63, 3.8) is 0 Å². The van der Waals surface area contributed by atoms with Crippen LogP contribution >= 0.6 is 15.9 Å². The molecule has 3 heterocycles. The summed E-state index contributed by atoms with van der Waals surface area (Å²) in [6, 6.07) is 14.7. The second kappa shape index (κ2) is 5.10. The van der Waals surface area contributed by atoms with Crippen molar-refractivity contribution in [2.75, 3.05) is 11.9 Å². The maximum Gasteiger partial charge on any atom is 0.211 e. The molecule has 0 fully saturated rings. The molecule has 0 aliphatic carbocycles. The molecule has 5 rings (SSSR count). The number of ether oxygens (including phenoxy) is 1. The molecule has 0 saturated carbocycles. The molecule has 2 aromatic carbocycles. The molecule has 0 N–H and O–H groups in total. The summed E-state index contributed by atoms with van der Waals surface area (Å²) in [5.74, 6) is 0.846. The lowest BCUT2D eigenvalue weighted by molar-refractivity contribution is 0.0596. The third kappa shape index (κ3) is 1.80. The Hall–Kier alpha value is -2.33. The summed E-state index contributed by atoms with van der Waals surface area (Å²) in [4.78, 5) is 6.87. The largest absolute Gasteiger partial charge is 0.460 e. The standard InChI is InChI=1S/C22H19BrN2O/c1-21(2)16-8-4-5-9-18(16)25(3)22(21)11-10-14-13-17(23)15-7-6-12-24-19(15)20(14)26-22/h4-13H,1-3H3. The minimum atomic E-state index is -0.581. The maximum atomic E-state index is 6.81. The van der Waals surface area contributed by atoms with Gasteiger partial charge in [0.05, 0.1) is 5.41 Å². The number of nitrogens with zero attached hydrogens (tertiary/aromatic N) is 2. The highest BCUT2D eigenvalue weighted by atomic mass is 79.9. The number of fused-ring (bicyclic) bond motifs is 4. The highest BCUT2D eigenvalue weighted by Gasteiger charge is 2.57. The van der Waals surface area contributed by atoms with Gasteiger partial charge in [0.1, 0.15) is 5.52 Å². The summed E-state index contributed by atoms with van der Waals surface area (Å²) >= 11 is 3.67. The quantitative estimate of drug-likeness (QED) is 0.490. The number of anilines is 1. The molecule has 0 radical (unpaired) electrons. The number of benzene rings is 2. The number of hydrogen-bond acceptors (Lipinski definition) is 3. The Labute approximate surface area is 161 Å². The Morgan fingerprint density at radius 3 is 2.73 bits per heavy atom. The Morgan fingerprint density at radius 1 is 1.12 bits per heavy atom. The van der Waals surface area contributed by atoms with Gasteiger partial charge in [-0.05, 0) is 49.8 Å². The van der Waals surface area contributed by atoms with Crippen LogP contribution in [0, 0.1) is 0 Å². The predicted octanol–water partition coefficient (Wildman–Crippen LogP) is 5.53. The van der Waals surface area contributed by atoms with Crippen molar-refractivity contribution in [2.45, 2.75) is 25.0 Å². The molecule has 130 valence electrons. The van der Waals surface area contributed by atoms with Crippen LogP contribution < -0.4 is 9.64 Å². The molecule has 3 aromatic rings. The fourth-order valence-corrected chi connectivity index (χ4v) is 4.99. The van der Waals surface area contributed by atoms with E-state index in [2.05, 4.69) is 95.3 Å². The summed E-state index contributed by atoms with van der Waals surface area (Å²) in [6.07, 6.45) is 6.18. The molecule has 26 heavy (non-hydrogen) atoms. The molecule has 1 aromatic heterocycles. The van der Waals surface area contributed by atoms with Crippen LogP contribution in [0.15, 0.2) is 59.2 Å². The van der Waals surface area contributed by atoms with E-state index in [1.54, 1.807) is 0 Å². The molecule has 1 atom stereocenters. The number of pyridine rings is 1. The van der Waals surface area contributed by atoms with Crippen LogP contribution in [0.25, 0.3) is 17.0 Å². The van der Waals surface area contributed by atoms with Gasteiger partial charge in [-0.1, -0.05) is 40.2 Å². The molecular formula is C22H19BrN2O. The molecule has 4 heteroatoms. The van der Waals surface area contributed by atoms with Gasteiger partial charge >= 0.3 is 0 Å². The van der Waals surface area contributed by atoms with E-state index in [0.29, 0.717) is 0 Å². The van der Waals surface area contributed by atoms with Crippen molar-refractivity contribution in [1.29, 1.82) is 0 Å². The van der Waals surface area contributed by atoms with Crippen molar-refractivity contribution < 1.29 is 4.74 Å². The fraction of sp³-hybridized carbons (Fsp3) is 0.227. The first-order chi connectivity index (χ1) is 12.5. The second-order valence-corrected chi connectivity index (χ2v) is 8.36. The van der Waals surface area contributed by atoms with E-state index in [-0.39, 0.29) is 5.41 Å². The second-order valence-electron chi connectivity index (χ2n) is 7.51. The minimum absolute atomic E-state index is 0.208. The van der Waals surface area contributed by atoms with Gasteiger partial charge in [0.25, 0.3) is 0 Å². The number of rotatable bonds is 0. The van der Waals surface area contributed by atoms with Crippen molar-refractivity contribution in [2.24, 2.45) is 0 Å². The number of halogens is 1. The average Bonchev–Trinajstić information content (AvgIpc) is 2.82. The van der Waals surface area contributed by atoms with Crippen LogP contribution in [0.1, 0.15) is 25.0 Å². The first kappa shape index (κ1) is 15.9. The molecule has 0 bridgehead atoms. The highest BCUT2D eigenvalue weighted by molar-refractivity contribution is 9.10. The van der Waals surface area contributed by atoms with Crippen molar-refractivity contribution in [1.82, 2.24) is 4.98 Å². The van der Waals surface area contributed by atoms with E-state index in [0.717, 1.165) is 26.7 Å². The van der Waals surface area contributed by atoms with Crippen LogP contribution in [0.5, 0.6) is 5.75 Å². The van der Waals surface area contributed by atoms with Gasteiger partial charge in [-0.3, -0.25) is 4.98 Å². The Morgan fingerprint density at radius 2 is 1.92 bits per heavy atom. The van der Waals surface area contributed by atoms with E-state index >= 15 is 0 Å². The van der Waals surface area contributed by atoms with Gasteiger partial charge in [-0.25, -0.2) is 0 Å². The lowest BCUT2D eigenvalue weighted by Gasteiger charge is -2.45. The van der Waals surface area contributed by atoms with E-state index in [1.807, 2.05) is 12.3 Å². The Bertz CT molecular complexity index is 1090. The lowest BCUT2D eigenvalue weighted by Crippen LogP contribution is -2.58. The zero-order valence-corrected chi connectivity index (χ0v) is 16.5. The van der Waals surface area contributed by atoms with Crippen LogP contribution in [0.3, 0.4) is 0 Å². The Kier molecular flexibility index (Phi) is 3.12. The normalized spacial score (nSPS) is 22.4. The number of para-hydroxylation sites is 1. The molecule has 2 aliphatic heterocycles. The van der Waals surface area contributed by atoms with Gasteiger partial charge in [-0.2, -0.15) is 0 Å². The summed E-state index contributed by atoms with van der Waals surface area (Å²) in [6.45, 7) is 4.50. The van der Waals surface area contributed by atoms with Crippen molar-refractivity contribution >= 4 is 38.6 Å². The van der Waals surface area contributed by atoms with Crippen LogP contribution in [0.2, 0.25) is 0 Å². The van der Waals surface area contributed by atoms with E-state index in [1.165, 1.54) is 11.3 Å². The maximum absolute atomic E-state index is 6.81. The third-order valence-corrected chi connectivity index (χ3v) is 6.56. The van der Waals surface area contributed by atoms with Crippen LogP contribution in [-0.4, -0.2) is 17.8 Å². The zero-order valence-electron chi connectivity index (χ0n) is 15.0. The minimum Gasteiger partial charge on any atom is -0.460 e. The molecular weight excluding hydrogens is 388 g/mol. The predicted molar refractivity (Wildman–Crippen MR) is 110 cm³/mol. The van der Waals surface area contributed by atoms with Gasteiger partial charge in [0.2, 0.25) is 5.72 Å². The highest BCUT2D eigenvalue weighted by Crippen LogP contribution is 2.55.